The highest BCUT2D eigenvalue weighted by molar-refractivity contribution is 5.94. The lowest BCUT2D eigenvalue weighted by molar-refractivity contribution is 0.0962. The number of nitrogens with one attached hydrogen (secondary N) is 2. The Labute approximate surface area is 117 Å². The van der Waals surface area contributed by atoms with Gasteiger partial charge in [0, 0.05) is 11.6 Å². The van der Waals surface area contributed by atoms with E-state index in [0.717, 1.165) is 0 Å². The summed E-state index contributed by atoms with van der Waals surface area (Å²) in [6, 6.07) is 14.2. The number of benzene rings is 2. The first kappa shape index (κ1) is 13.7. The van der Waals surface area contributed by atoms with Gasteiger partial charge in [-0.05, 0) is 24.3 Å². The first-order valence-corrected chi connectivity index (χ1v) is 6.08. The Morgan fingerprint density at radius 3 is 2.40 bits per heavy atom. The maximum Gasteiger partial charge on any atom is 0.269 e. The van der Waals surface area contributed by atoms with Crippen LogP contribution in [0.1, 0.15) is 10.4 Å². The van der Waals surface area contributed by atoms with E-state index in [4.69, 9.17) is 9.47 Å². The second-order valence-electron chi connectivity index (χ2n) is 4.01. The maximum atomic E-state index is 11.9. The van der Waals surface area contributed by atoms with Crippen molar-refractivity contribution in [2.24, 2.45) is 0 Å². The van der Waals surface area contributed by atoms with E-state index in [9.17, 15) is 4.79 Å². The summed E-state index contributed by atoms with van der Waals surface area (Å²) in [5.41, 5.74) is 6.64. The number of rotatable bonds is 5. The summed E-state index contributed by atoms with van der Waals surface area (Å²) in [5.74, 6) is 1.05. The number of hydrogen-bond acceptors (Lipinski definition) is 4. The van der Waals surface area contributed by atoms with Gasteiger partial charge >= 0.3 is 0 Å². The third kappa shape index (κ3) is 3.20. The molecule has 0 aliphatic rings. The van der Waals surface area contributed by atoms with Crippen LogP contribution in [0.3, 0.4) is 0 Å². The van der Waals surface area contributed by atoms with Crippen LogP contribution in [-0.4, -0.2) is 20.1 Å². The molecule has 0 aromatic heterocycles. The molecule has 20 heavy (non-hydrogen) atoms. The molecule has 0 spiro atoms. The van der Waals surface area contributed by atoms with Crippen molar-refractivity contribution in [1.82, 2.24) is 5.43 Å². The molecule has 5 heteroatoms. The van der Waals surface area contributed by atoms with Gasteiger partial charge in [-0.25, -0.2) is 0 Å². The van der Waals surface area contributed by atoms with Gasteiger partial charge in [-0.1, -0.05) is 18.2 Å². The summed E-state index contributed by atoms with van der Waals surface area (Å²) >= 11 is 0. The second kappa shape index (κ2) is 6.47. The number of ether oxygens (including phenoxy) is 2. The monoisotopic (exact) mass is 272 g/mol. The van der Waals surface area contributed by atoms with Crippen molar-refractivity contribution in [3.8, 4) is 11.5 Å². The third-order valence-electron chi connectivity index (χ3n) is 2.75. The zero-order valence-corrected chi connectivity index (χ0v) is 11.3. The van der Waals surface area contributed by atoms with Gasteiger partial charge in [0.25, 0.3) is 5.91 Å². The topological polar surface area (TPSA) is 59.6 Å². The molecule has 0 radical (unpaired) electrons. The van der Waals surface area contributed by atoms with Gasteiger partial charge in [-0.15, -0.1) is 0 Å². The highest BCUT2D eigenvalue weighted by atomic mass is 16.5. The largest absolute Gasteiger partial charge is 0.497 e. The lowest BCUT2D eigenvalue weighted by Gasteiger charge is -2.13. The number of hydrazine groups is 1. The number of amides is 1. The molecule has 0 heterocycles. The van der Waals surface area contributed by atoms with Gasteiger partial charge in [0.15, 0.2) is 0 Å². The molecule has 0 bridgehead atoms. The molecule has 104 valence electrons. The molecule has 2 rings (SSSR count). The van der Waals surface area contributed by atoms with Crippen molar-refractivity contribution in [3.05, 3.63) is 54.1 Å². The summed E-state index contributed by atoms with van der Waals surface area (Å²) in [6.07, 6.45) is 0. The van der Waals surface area contributed by atoms with Crippen molar-refractivity contribution in [3.63, 3.8) is 0 Å². The van der Waals surface area contributed by atoms with Crippen molar-refractivity contribution < 1.29 is 14.3 Å². The SMILES string of the molecule is COc1ccc(OC)c(NNC(=O)c2ccccc2)c1. The summed E-state index contributed by atoms with van der Waals surface area (Å²) in [7, 11) is 3.14. The lowest BCUT2D eigenvalue weighted by atomic mass is 10.2. The molecule has 5 nitrogen and oxygen atoms in total. The number of anilines is 1. The zero-order valence-electron chi connectivity index (χ0n) is 11.3. The Balaban J connectivity index is 2.08. The average molecular weight is 272 g/mol. The Morgan fingerprint density at radius 2 is 1.75 bits per heavy atom. The first-order chi connectivity index (χ1) is 9.74. The molecule has 0 unspecified atom stereocenters. The Kier molecular flexibility index (Phi) is 4.44. The molecular formula is C15H16N2O3. The van der Waals surface area contributed by atoms with Crippen molar-refractivity contribution in [1.29, 1.82) is 0 Å². The smallest absolute Gasteiger partial charge is 0.269 e. The molecular weight excluding hydrogens is 256 g/mol. The predicted molar refractivity (Wildman–Crippen MR) is 77.1 cm³/mol. The Bertz CT molecular complexity index is 585. The van der Waals surface area contributed by atoms with Crippen LogP contribution in [0.25, 0.3) is 0 Å². The van der Waals surface area contributed by atoms with Crippen LogP contribution in [0.5, 0.6) is 11.5 Å². The maximum absolute atomic E-state index is 11.9. The van der Waals surface area contributed by atoms with E-state index in [-0.39, 0.29) is 5.91 Å². The van der Waals surface area contributed by atoms with Gasteiger partial charge in [0.2, 0.25) is 0 Å². The molecule has 2 aromatic carbocycles. The van der Waals surface area contributed by atoms with Crippen molar-refractivity contribution in [2.75, 3.05) is 19.6 Å². The molecule has 0 saturated heterocycles. The third-order valence-corrected chi connectivity index (χ3v) is 2.75. The normalized spacial score (nSPS) is 9.70. The molecule has 0 saturated carbocycles. The van der Waals surface area contributed by atoms with Crippen molar-refractivity contribution in [2.45, 2.75) is 0 Å². The van der Waals surface area contributed by atoms with E-state index >= 15 is 0 Å². The van der Waals surface area contributed by atoms with Crippen LogP contribution >= 0.6 is 0 Å². The van der Waals surface area contributed by atoms with E-state index in [0.29, 0.717) is 22.7 Å². The fourth-order valence-electron chi connectivity index (χ4n) is 1.70. The highest BCUT2D eigenvalue weighted by Crippen LogP contribution is 2.28. The molecule has 0 atom stereocenters. The van der Waals surface area contributed by atoms with Crippen LogP contribution in [0, 0.1) is 0 Å². The molecule has 0 aliphatic heterocycles. The van der Waals surface area contributed by atoms with Crippen LogP contribution in [0.4, 0.5) is 5.69 Å². The molecule has 0 fully saturated rings. The summed E-state index contributed by atoms with van der Waals surface area (Å²) in [6.45, 7) is 0. The number of methoxy groups -OCH3 is 2. The highest BCUT2D eigenvalue weighted by Gasteiger charge is 2.07. The van der Waals surface area contributed by atoms with Crippen molar-refractivity contribution >= 4 is 11.6 Å². The fourth-order valence-corrected chi connectivity index (χ4v) is 1.70. The molecule has 2 N–H and O–H groups in total. The predicted octanol–water partition coefficient (Wildman–Crippen LogP) is 2.46. The standard InChI is InChI=1S/C15H16N2O3/c1-19-12-8-9-14(20-2)13(10-12)16-17-15(18)11-6-4-3-5-7-11/h3-10,16H,1-2H3,(H,17,18). The lowest BCUT2D eigenvalue weighted by Crippen LogP contribution is -2.29. The first-order valence-electron chi connectivity index (χ1n) is 6.08. The number of carbonyl (C=O) groups is 1. The minimum Gasteiger partial charge on any atom is -0.497 e. The van der Waals surface area contributed by atoms with Gasteiger partial charge in [-0.2, -0.15) is 0 Å². The average Bonchev–Trinajstić information content (AvgIpc) is 2.53. The molecule has 1 amide bonds. The Morgan fingerprint density at radius 1 is 1.00 bits per heavy atom. The summed E-state index contributed by atoms with van der Waals surface area (Å²) in [5, 5.41) is 0. The zero-order chi connectivity index (χ0) is 14.4. The van der Waals surface area contributed by atoms with Gasteiger partial charge < -0.3 is 9.47 Å². The molecule has 2 aromatic rings. The van der Waals surface area contributed by atoms with Crippen LogP contribution in [-0.2, 0) is 0 Å². The van der Waals surface area contributed by atoms with E-state index in [1.165, 1.54) is 0 Å². The van der Waals surface area contributed by atoms with Gasteiger partial charge in [0.1, 0.15) is 11.5 Å². The summed E-state index contributed by atoms with van der Waals surface area (Å²) in [4.78, 5) is 11.9. The number of hydrogen-bond donors (Lipinski definition) is 2. The van der Waals surface area contributed by atoms with E-state index in [1.807, 2.05) is 6.07 Å². The Hall–Kier alpha value is -2.69. The fraction of sp³-hybridized carbons (Fsp3) is 0.133. The van der Waals surface area contributed by atoms with E-state index in [2.05, 4.69) is 10.9 Å². The van der Waals surface area contributed by atoms with E-state index < -0.39 is 0 Å². The second-order valence-corrected chi connectivity index (χ2v) is 4.01. The van der Waals surface area contributed by atoms with E-state index in [1.54, 1.807) is 56.7 Å². The summed E-state index contributed by atoms with van der Waals surface area (Å²) < 4.78 is 10.4. The molecule has 0 aliphatic carbocycles. The number of carbonyl (C=O) groups excluding carboxylic acids is 1. The van der Waals surface area contributed by atoms with Gasteiger partial charge in [0.05, 0.1) is 19.9 Å². The van der Waals surface area contributed by atoms with Gasteiger partial charge in [-0.3, -0.25) is 15.6 Å². The minimum absolute atomic E-state index is 0.226. The van der Waals surface area contributed by atoms with Crippen LogP contribution in [0.15, 0.2) is 48.5 Å². The minimum atomic E-state index is -0.226. The quantitative estimate of drug-likeness (QED) is 0.821. The van der Waals surface area contributed by atoms with Crippen LogP contribution in [0.2, 0.25) is 0 Å². The van der Waals surface area contributed by atoms with Crippen LogP contribution < -0.4 is 20.3 Å².